The minimum atomic E-state index is -0.0804. The van der Waals surface area contributed by atoms with E-state index in [9.17, 15) is 4.79 Å². The Morgan fingerprint density at radius 2 is 1.76 bits per heavy atom. The lowest BCUT2D eigenvalue weighted by molar-refractivity contribution is -0.113. The van der Waals surface area contributed by atoms with E-state index in [0.717, 1.165) is 32.4 Å². The van der Waals surface area contributed by atoms with Gasteiger partial charge in [-0.25, -0.2) is 0 Å². The van der Waals surface area contributed by atoms with Crippen LogP contribution in [0.1, 0.15) is 24.1 Å². The minimum absolute atomic E-state index is 0.0575. The van der Waals surface area contributed by atoms with E-state index in [1.54, 1.807) is 16.7 Å². The van der Waals surface area contributed by atoms with Gasteiger partial charge in [0.05, 0.1) is 22.4 Å². The van der Waals surface area contributed by atoms with Crippen LogP contribution in [-0.4, -0.2) is 18.1 Å². The number of anilines is 2. The number of hydrogen-bond donors (Lipinski definition) is 0. The quantitative estimate of drug-likeness (QED) is 0.361. The first-order valence-corrected chi connectivity index (χ1v) is 12.6. The number of rotatable bonds is 3. The Morgan fingerprint density at radius 3 is 2.52 bits per heavy atom. The van der Waals surface area contributed by atoms with Crippen molar-refractivity contribution < 1.29 is 4.79 Å². The first kappa shape index (κ1) is 22.1. The van der Waals surface area contributed by atoms with Crippen molar-refractivity contribution in [2.45, 2.75) is 24.8 Å². The lowest BCUT2D eigenvalue weighted by Gasteiger charge is -2.18. The molecule has 166 valence electrons. The zero-order valence-corrected chi connectivity index (χ0v) is 20.8. The number of halogens is 1. The van der Waals surface area contributed by atoms with Crippen LogP contribution in [0, 0.1) is 6.92 Å². The number of benzene rings is 3. The molecule has 3 aromatic carbocycles. The molecule has 1 unspecified atom stereocenters. The van der Waals surface area contributed by atoms with Crippen LogP contribution in [0.25, 0.3) is 0 Å². The average molecular weight is 492 g/mol. The summed E-state index contributed by atoms with van der Waals surface area (Å²) in [6.07, 6.45) is 0. The molecule has 0 saturated carbocycles. The molecule has 3 aromatic rings. The molecule has 1 amide bonds. The fourth-order valence-electron chi connectivity index (χ4n) is 3.87. The van der Waals surface area contributed by atoms with Crippen LogP contribution in [0.5, 0.6) is 0 Å². The monoisotopic (exact) mass is 491 g/mol. The average Bonchev–Trinajstić information content (AvgIpc) is 3.30. The molecule has 0 bridgehead atoms. The Balaban J connectivity index is 1.59. The predicted octanol–water partition coefficient (Wildman–Crippen LogP) is 7.26. The van der Waals surface area contributed by atoms with Crippen molar-refractivity contribution in [3.63, 3.8) is 0 Å². The maximum absolute atomic E-state index is 13.8. The van der Waals surface area contributed by atoms with Crippen LogP contribution in [-0.2, 0) is 4.79 Å². The summed E-state index contributed by atoms with van der Waals surface area (Å²) in [5, 5.41) is 2.27. The van der Waals surface area contributed by atoms with Crippen LogP contribution in [0.4, 0.5) is 11.4 Å². The number of fused-ring (bicyclic) bond motifs is 1. The first-order valence-electron chi connectivity index (χ1n) is 10.6. The number of amides is 1. The Hall–Kier alpha value is -2.67. The van der Waals surface area contributed by atoms with E-state index < -0.39 is 0 Å². The largest absolute Gasteiger partial charge is 0.337 e. The van der Waals surface area contributed by atoms with E-state index in [4.69, 9.17) is 16.6 Å². The summed E-state index contributed by atoms with van der Waals surface area (Å²) in [5.41, 5.74) is 4.04. The standard InChI is InChI=1S/C26H22ClN3OS2/c1-16-8-7-11-20(14-16)30-24(31)23(25-29(3)21-15-19(27)12-13-22(21)32-25)33-26(30)28-17(2)18-9-5-4-6-10-18/h4-15,17H,1-3H3. The number of carbonyl (C=O) groups is 1. The number of hydrogen-bond acceptors (Lipinski definition) is 5. The van der Waals surface area contributed by atoms with Gasteiger partial charge < -0.3 is 4.90 Å². The van der Waals surface area contributed by atoms with Crippen molar-refractivity contribution in [2.75, 3.05) is 16.8 Å². The van der Waals surface area contributed by atoms with Crippen molar-refractivity contribution in [2.24, 2.45) is 4.99 Å². The van der Waals surface area contributed by atoms with E-state index in [1.165, 1.54) is 11.8 Å². The fourth-order valence-corrected chi connectivity index (χ4v) is 6.43. The van der Waals surface area contributed by atoms with Crippen LogP contribution in [0.3, 0.4) is 0 Å². The van der Waals surface area contributed by atoms with Crippen molar-refractivity contribution in [3.05, 3.63) is 98.9 Å². The lowest BCUT2D eigenvalue weighted by Crippen LogP contribution is -2.29. The van der Waals surface area contributed by atoms with E-state index in [-0.39, 0.29) is 11.9 Å². The van der Waals surface area contributed by atoms with E-state index in [1.807, 2.05) is 79.5 Å². The number of thioether (sulfide) groups is 2. The van der Waals surface area contributed by atoms with Gasteiger partial charge in [-0.3, -0.25) is 14.7 Å². The van der Waals surface area contributed by atoms with Gasteiger partial charge in [-0.05, 0) is 67.1 Å². The zero-order chi connectivity index (χ0) is 23.1. The second-order valence-electron chi connectivity index (χ2n) is 7.99. The number of aryl methyl sites for hydroxylation is 1. The maximum atomic E-state index is 13.8. The lowest BCUT2D eigenvalue weighted by atomic mass is 10.1. The molecule has 0 spiro atoms. The molecular formula is C26H22ClN3OS2. The normalized spacial score (nSPS) is 20.0. The van der Waals surface area contributed by atoms with Gasteiger partial charge in [0.1, 0.15) is 4.91 Å². The Bertz CT molecular complexity index is 1310. The van der Waals surface area contributed by atoms with Gasteiger partial charge in [0.2, 0.25) is 0 Å². The number of carbonyl (C=O) groups excluding carboxylic acids is 1. The molecule has 33 heavy (non-hydrogen) atoms. The third-order valence-electron chi connectivity index (χ3n) is 5.62. The summed E-state index contributed by atoms with van der Waals surface area (Å²) in [4.78, 5) is 24.3. The Labute approximate surface area is 207 Å². The van der Waals surface area contributed by atoms with Gasteiger partial charge in [0.25, 0.3) is 5.91 Å². The Morgan fingerprint density at radius 1 is 0.970 bits per heavy atom. The van der Waals surface area contributed by atoms with Crippen LogP contribution >= 0.6 is 35.1 Å². The van der Waals surface area contributed by atoms with Gasteiger partial charge in [-0.15, -0.1) is 0 Å². The summed E-state index contributed by atoms with van der Waals surface area (Å²) >= 11 is 9.26. The topological polar surface area (TPSA) is 35.9 Å². The Kier molecular flexibility index (Phi) is 5.99. The minimum Gasteiger partial charge on any atom is -0.337 e. The summed E-state index contributed by atoms with van der Waals surface area (Å²) < 4.78 is 0. The van der Waals surface area contributed by atoms with Crippen molar-refractivity contribution >= 4 is 57.6 Å². The van der Waals surface area contributed by atoms with Crippen molar-refractivity contribution in [1.29, 1.82) is 0 Å². The molecule has 0 radical (unpaired) electrons. The van der Waals surface area contributed by atoms with E-state index >= 15 is 0 Å². The summed E-state index contributed by atoms with van der Waals surface area (Å²) in [6.45, 7) is 4.09. The highest BCUT2D eigenvalue weighted by atomic mass is 35.5. The van der Waals surface area contributed by atoms with E-state index in [0.29, 0.717) is 15.1 Å². The van der Waals surface area contributed by atoms with Crippen molar-refractivity contribution in [3.8, 4) is 0 Å². The first-order chi connectivity index (χ1) is 15.9. The van der Waals surface area contributed by atoms with Crippen molar-refractivity contribution in [1.82, 2.24) is 0 Å². The maximum Gasteiger partial charge on any atom is 0.274 e. The molecule has 0 aromatic heterocycles. The summed E-state index contributed by atoms with van der Waals surface area (Å²) in [6, 6.07) is 23.9. The highest BCUT2D eigenvalue weighted by Crippen LogP contribution is 2.51. The van der Waals surface area contributed by atoms with Gasteiger partial charge in [-0.1, -0.05) is 65.8 Å². The molecule has 2 heterocycles. The highest BCUT2D eigenvalue weighted by molar-refractivity contribution is 8.20. The molecular weight excluding hydrogens is 470 g/mol. The molecule has 2 aliphatic heterocycles. The molecule has 1 saturated heterocycles. The van der Waals surface area contributed by atoms with Crippen LogP contribution < -0.4 is 9.80 Å². The second kappa shape index (κ2) is 8.93. The molecule has 2 aliphatic rings. The van der Waals surface area contributed by atoms with Crippen LogP contribution in [0.2, 0.25) is 5.02 Å². The summed E-state index contributed by atoms with van der Waals surface area (Å²) in [5.74, 6) is -0.0575. The molecule has 0 aliphatic carbocycles. The van der Waals surface area contributed by atoms with Gasteiger partial charge in [0.15, 0.2) is 5.17 Å². The molecule has 7 heteroatoms. The second-order valence-corrected chi connectivity index (χ2v) is 10.4. The number of amidine groups is 1. The molecule has 0 N–H and O–H groups in total. The number of aliphatic imine (C=N–C) groups is 1. The van der Waals surface area contributed by atoms with Gasteiger partial charge >= 0.3 is 0 Å². The smallest absolute Gasteiger partial charge is 0.274 e. The van der Waals surface area contributed by atoms with E-state index in [2.05, 4.69) is 19.1 Å². The van der Waals surface area contributed by atoms with Gasteiger partial charge in [-0.2, -0.15) is 0 Å². The van der Waals surface area contributed by atoms with Gasteiger partial charge in [0, 0.05) is 17.0 Å². The zero-order valence-electron chi connectivity index (χ0n) is 18.4. The molecule has 1 fully saturated rings. The number of nitrogens with zero attached hydrogens (tertiary/aromatic N) is 3. The van der Waals surface area contributed by atoms with Crippen LogP contribution in [0.15, 0.2) is 92.6 Å². The molecule has 5 rings (SSSR count). The SMILES string of the molecule is Cc1cccc(N2C(=O)C(=C3Sc4ccc(Cl)cc4N3C)SC2=NC(C)c2ccccc2)c1. The summed E-state index contributed by atoms with van der Waals surface area (Å²) in [7, 11) is 1.98. The third kappa shape index (κ3) is 4.19. The fraction of sp³-hybridized carbons (Fsp3) is 0.154. The predicted molar refractivity (Wildman–Crippen MR) is 141 cm³/mol. The third-order valence-corrected chi connectivity index (χ3v) is 8.26. The molecule has 1 atom stereocenters. The molecule has 4 nitrogen and oxygen atoms in total. The highest BCUT2D eigenvalue weighted by Gasteiger charge is 2.40.